The highest BCUT2D eigenvalue weighted by Crippen LogP contribution is 2.27. The fraction of sp³-hybridized carbons (Fsp3) is 0.222. The topological polar surface area (TPSA) is 38.3 Å². The van der Waals surface area contributed by atoms with Gasteiger partial charge in [0.15, 0.2) is 0 Å². The first kappa shape index (κ1) is 8.04. The fourth-order valence-electron chi connectivity index (χ4n) is 1.32. The predicted octanol–water partition coefficient (Wildman–Crippen LogP) is 2.20. The molecule has 1 heterocycles. The number of hydrogen-bond donors (Lipinski definition) is 1. The normalized spacial score (nSPS) is 14.5. The Hall–Kier alpha value is -1.58. The van der Waals surface area contributed by atoms with Crippen molar-refractivity contribution in [3.8, 4) is 0 Å². The van der Waals surface area contributed by atoms with Crippen LogP contribution in [-0.4, -0.2) is 6.09 Å². The Balaban J connectivity index is 2.57. The molecule has 1 aliphatic heterocycles. The molecule has 0 bridgehead atoms. The Kier molecular flexibility index (Phi) is 1.69. The molecule has 4 heteroatoms. The lowest BCUT2D eigenvalue weighted by atomic mass is 10.1. The summed E-state index contributed by atoms with van der Waals surface area (Å²) in [7, 11) is 0. The number of carbonyl (C=O) groups is 1. The number of anilines is 1. The Bertz CT molecular complexity index is 376. The lowest BCUT2D eigenvalue weighted by Gasteiger charge is -2.19. The minimum Gasteiger partial charge on any atom is -0.444 e. The van der Waals surface area contributed by atoms with Crippen molar-refractivity contribution in [2.45, 2.75) is 13.5 Å². The molecule has 2 rings (SSSR count). The van der Waals surface area contributed by atoms with E-state index in [1.54, 1.807) is 6.07 Å². The highest BCUT2D eigenvalue weighted by atomic mass is 19.1. The number of amides is 1. The van der Waals surface area contributed by atoms with Gasteiger partial charge in [0, 0.05) is 5.56 Å². The zero-order chi connectivity index (χ0) is 9.42. The van der Waals surface area contributed by atoms with Gasteiger partial charge in [0.2, 0.25) is 0 Å². The van der Waals surface area contributed by atoms with Crippen molar-refractivity contribution in [1.29, 1.82) is 0 Å². The smallest absolute Gasteiger partial charge is 0.412 e. The van der Waals surface area contributed by atoms with Crippen LogP contribution < -0.4 is 5.32 Å². The summed E-state index contributed by atoms with van der Waals surface area (Å²) in [5, 5.41) is 2.33. The van der Waals surface area contributed by atoms with E-state index < -0.39 is 11.9 Å². The summed E-state index contributed by atoms with van der Waals surface area (Å²) >= 11 is 0. The molecular weight excluding hydrogens is 173 g/mol. The lowest BCUT2D eigenvalue weighted by Crippen LogP contribution is -2.22. The molecule has 0 saturated carbocycles. The van der Waals surface area contributed by atoms with Crippen LogP contribution in [0.1, 0.15) is 11.1 Å². The van der Waals surface area contributed by atoms with E-state index in [-0.39, 0.29) is 12.3 Å². The van der Waals surface area contributed by atoms with E-state index in [4.69, 9.17) is 4.74 Å². The minimum absolute atomic E-state index is 0.144. The summed E-state index contributed by atoms with van der Waals surface area (Å²) in [5.41, 5.74) is 1.87. The number of rotatable bonds is 0. The first-order valence-corrected chi connectivity index (χ1v) is 3.90. The first-order chi connectivity index (χ1) is 6.18. The van der Waals surface area contributed by atoms with Gasteiger partial charge in [-0.15, -0.1) is 0 Å². The quantitative estimate of drug-likeness (QED) is 0.666. The Morgan fingerprint density at radius 1 is 1.54 bits per heavy atom. The molecule has 1 amide bonds. The molecule has 0 unspecified atom stereocenters. The number of halogens is 1. The molecule has 3 nitrogen and oxygen atoms in total. The van der Waals surface area contributed by atoms with Gasteiger partial charge in [0.25, 0.3) is 0 Å². The third-order valence-corrected chi connectivity index (χ3v) is 2.07. The van der Waals surface area contributed by atoms with Crippen LogP contribution in [0.15, 0.2) is 12.1 Å². The van der Waals surface area contributed by atoms with E-state index in [0.717, 1.165) is 5.56 Å². The number of hydrogen-bond acceptors (Lipinski definition) is 2. The Morgan fingerprint density at radius 3 is 3.08 bits per heavy atom. The average Bonchev–Trinajstić information content (AvgIpc) is 2.12. The molecule has 0 aromatic heterocycles. The highest BCUT2D eigenvalue weighted by Gasteiger charge is 2.20. The van der Waals surface area contributed by atoms with Gasteiger partial charge < -0.3 is 4.74 Å². The largest absolute Gasteiger partial charge is 0.444 e. The maximum Gasteiger partial charge on any atom is 0.412 e. The van der Waals surface area contributed by atoms with Crippen LogP contribution in [0.5, 0.6) is 0 Å². The molecule has 0 saturated heterocycles. The molecule has 13 heavy (non-hydrogen) atoms. The van der Waals surface area contributed by atoms with Gasteiger partial charge in [0.05, 0.1) is 5.69 Å². The van der Waals surface area contributed by atoms with E-state index in [9.17, 15) is 9.18 Å². The molecule has 1 aromatic carbocycles. The van der Waals surface area contributed by atoms with Crippen molar-refractivity contribution in [2.75, 3.05) is 5.32 Å². The maximum absolute atomic E-state index is 13.2. The van der Waals surface area contributed by atoms with Crippen LogP contribution in [0.3, 0.4) is 0 Å². The lowest BCUT2D eigenvalue weighted by molar-refractivity contribution is 0.150. The standard InChI is InChI=1S/C9H8FNO2/c1-5-2-3-7(10)8-6(5)4-13-9(12)11-8/h2-3H,4H2,1H3,(H,11,12). The number of carbonyl (C=O) groups excluding carboxylic acids is 1. The molecule has 1 aromatic rings. The predicted molar refractivity (Wildman–Crippen MR) is 44.9 cm³/mol. The third kappa shape index (κ3) is 1.24. The highest BCUT2D eigenvalue weighted by molar-refractivity contribution is 5.88. The zero-order valence-corrected chi connectivity index (χ0v) is 7.06. The van der Waals surface area contributed by atoms with Crippen LogP contribution in [0.25, 0.3) is 0 Å². The van der Waals surface area contributed by atoms with Gasteiger partial charge in [-0.05, 0) is 18.6 Å². The summed E-state index contributed by atoms with van der Waals surface area (Å²) in [5.74, 6) is -0.419. The number of ether oxygens (including phenoxy) is 1. The molecule has 0 atom stereocenters. The Labute approximate surface area is 74.5 Å². The number of aryl methyl sites for hydroxylation is 1. The zero-order valence-electron chi connectivity index (χ0n) is 7.06. The van der Waals surface area contributed by atoms with Crippen LogP contribution in [0, 0.1) is 12.7 Å². The van der Waals surface area contributed by atoms with Crippen LogP contribution in [0.2, 0.25) is 0 Å². The van der Waals surface area contributed by atoms with E-state index in [2.05, 4.69) is 5.32 Å². The van der Waals surface area contributed by atoms with Crippen molar-refractivity contribution < 1.29 is 13.9 Å². The molecule has 1 N–H and O–H groups in total. The van der Waals surface area contributed by atoms with Gasteiger partial charge >= 0.3 is 6.09 Å². The molecule has 0 radical (unpaired) electrons. The van der Waals surface area contributed by atoms with Crippen molar-refractivity contribution in [3.05, 3.63) is 29.1 Å². The molecule has 0 fully saturated rings. The van der Waals surface area contributed by atoms with E-state index in [0.29, 0.717) is 5.56 Å². The van der Waals surface area contributed by atoms with Crippen molar-refractivity contribution in [3.63, 3.8) is 0 Å². The monoisotopic (exact) mass is 181 g/mol. The molecule has 0 spiro atoms. The van der Waals surface area contributed by atoms with E-state index in [1.807, 2.05) is 6.92 Å². The number of cyclic esters (lactones) is 1. The van der Waals surface area contributed by atoms with Gasteiger partial charge in [-0.25, -0.2) is 9.18 Å². The maximum atomic E-state index is 13.2. The SMILES string of the molecule is Cc1ccc(F)c2c1COC(=O)N2. The van der Waals surface area contributed by atoms with Crippen molar-refractivity contribution in [2.24, 2.45) is 0 Å². The average molecular weight is 181 g/mol. The second-order valence-corrected chi connectivity index (χ2v) is 2.92. The van der Waals surface area contributed by atoms with Crippen LogP contribution in [0.4, 0.5) is 14.9 Å². The summed E-state index contributed by atoms with van der Waals surface area (Å²) in [6, 6.07) is 2.99. The number of benzene rings is 1. The third-order valence-electron chi connectivity index (χ3n) is 2.07. The molecule has 0 aliphatic carbocycles. The van der Waals surface area contributed by atoms with Gasteiger partial charge in [-0.3, -0.25) is 5.32 Å². The number of nitrogens with one attached hydrogen (secondary N) is 1. The summed E-state index contributed by atoms with van der Waals surface area (Å²) in [6.45, 7) is 1.99. The molecule has 1 aliphatic rings. The molecular formula is C9H8FNO2. The van der Waals surface area contributed by atoms with E-state index >= 15 is 0 Å². The van der Waals surface area contributed by atoms with Gasteiger partial charge in [-0.2, -0.15) is 0 Å². The van der Waals surface area contributed by atoms with Gasteiger partial charge in [0.1, 0.15) is 12.4 Å². The summed E-state index contributed by atoms with van der Waals surface area (Å²) in [6.07, 6.45) is -0.600. The van der Waals surface area contributed by atoms with Crippen molar-refractivity contribution >= 4 is 11.8 Å². The van der Waals surface area contributed by atoms with Gasteiger partial charge in [-0.1, -0.05) is 6.07 Å². The van der Waals surface area contributed by atoms with Crippen LogP contribution >= 0.6 is 0 Å². The van der Waals surface area contributed by atoms with Crippen molar-refractivity contribution in [1.82, 2.24) is 0 Å². The van der Waals surface area contributed by atoms with E-state index in [1.165, 1.54) is 6.07 Å². The molecule has 68 valence electrons. The second kappa shape index (κ2) is 2.73. The fourth-order valence-corrected chi connectivity index (χ4v) is 1.32. The first-order valence-electron chi connectivity index (χ1n) is 3.90. The van der Waals surface area contributed by atoms with Crippen LogP contribution in [-0.2, 0) is 11.3 Å². The minimum atomic E-state index is -0.600. The summed E-state index contributed by atoms with van der Waals surface area (Å²) in [4.78, 5) is 10.8. The number of fused-ring (bicyclic) bond motifs is 1. The second-order valence-electron chi connectivity index (χ2n) is 2.92. The Morgan fingerprint density at radius 2 is 2.31 bits per heavy atom. The summed E-state index contributed by atoms with van der Waals surface area (Å²) < 4.78 is 17.9.